The number of hydrogen-bond donors (Lipinski definition) is 1. The molecule has 0 bridgehead atoms. The van der Waals surface area contributed by atoms with E-state index in [4.69, 9.17) is 9.47 Å². The van der Waals surface area contributed by atoms with Crippen LogP contribution < -0.4 is 10.1 Å². The van der Waals surface area contributed by atoms with Crippen LogP contribution in [0, 0.1) is 0 Å². The van der Waals surface area contributed by atoms with Gasteiger partial charge < -0.3 is 14.8 Å². The SMILES string of the molecule is C=CCOc1ccc(CNCCOCC(F)F)cc1. The van der Waals surface area contributed by atoms with E-state index in [2.05, 4.69) is 11.9 Å². The number of hydrogen-bond acceptors (Lipinski definition) is 3. The summed E-state index contributed by atoms with van der Waals surface area (Å²) in [5.41, 5.74) is 1.10. The number of benzene rings is 1. The Hall–Kier alpha value is -1.46. The second-order valence-electron chi connectivity index (χ2n) is 3.89. The Morgan fingerprint density at radius 1 is 1.26 bits per heavy atom. The molecule has 0 amide bonds. The van der Waals surface area contributed by atoms with Gasteiger partial charge in [-0.25, -0.2) is 8.78 Å². The third kappa shape index (κ3) is 7.54. The quantitative estimate of drug-likeness (QED) is 0.524. The fraction of sp³-hybridized carbons (Fsp3) is 0.429. The molecule has 1 N–H and O–H groups in total. The molecule has 0 fully saturated rings. The van der Waals surface area contributed by atoms with Crippen molar-refractivity contribution >= 4 is 0 Å². The lowest BCUT2D eigenvalue weighted by Crippen LogP contribution is -2.20. The molecule has 0 radical (unpaired) electrons. The van der Waals surface area contributed by atoms with Gasteiger partial charge in [-0.05, 0) is 17.7 Å². The van der Waals surface area contributed by atoms with Crippen LogP contribution in [0.4, 0.5) is 8.78 Å². The van der Waals surface area contributed by atoms with Gasteiger partial charge in [-0.1, -0.05) is 24.8 Å². The van der Waals surface area contributed by atoms with Crippen molar-refractivity contribution in [2.24, 2.45) is 0 Å². The van der Waals surface area contributed by atoms with Crippen molar-refractivity contribution in [1.82, 2.24) is 5.32 Å². The molecule has 1 aromatic rings. The van der Waals surface area contributed by atoms with Gasteiger partial charge in [0, 0.05) is 13.1 Å². The van der Waals surface area contributed by atoms with Crippen molar-refractivity contribution in [3.8, 4) is 5.75 Å². The monoisotopic (exact) mass is 271 g/mol. The van der Waals surface area contributed by atoms with Crippen LogP contribution in [0.5, 0.6) is 5.75 Å². The summed E-state index contributed by atoms with van der Waals surface area (Å²) in [6, 6.07) is 7.67. The smallest absolute Gasteiger partial charge is 0.261 e. The first-order chi connectivity index (χ1) is 9.22. The minimum absolute atomic E-state index is 0.283. The van der Waals surface area contributed by atoms with Crippen LogP contribution in [0.1, 0.15) is 5.56 Å². The molecule has 0 aliphatic heterocycles. The Labute approximate surface area is 112 Å². The fourth-order valence-corrected chi connectivity index (χ4v) is 1.41. The molecule has 5 heteroatoms. The van der Waals surface area contributed by atoms with Crippen LogP contribution in [0.15, 0.2) is 36.9 Å². The van der Waals surface area contributed by atoms with Gasteiger partial charge in [-0.15, -0.1) is 0 Å². The summed E-state index contributed by atoms with van der Waals surface area (Å²) >= 11 is 0. The number of alkyl halides is 2. The highest BCUT2D eigenvalue weighted by atomic mass is 19.3. The molecule has 1 aromatic carbocycles. The van der Waals surface area contributed by atoms with Crippen molar-refractivity contribution in [2.75, 3.05) is 26.4 Å². The highest BCUT2D eigenvalue weighted by Crippen LogP contribution is 2.11. The molecule has 3 nitrogen and oxygen atoms in total. The second kappa shape index (κ2) is 9.47. The first kappa shape index (κ1) is 15.6. The fourth-order valence-electron chi connectivity index (χ4n) is 1.41. The molecule has 0 saturated carbocycles. The highest BCUT2D eigenvalue weighted by Gasteiger charge is 2.00. The number of nitrogens with one attached hydrogen (secondary N) is 1. The van der Waals surface area contributed by atoms with Crippen molar-refractivity contribution in [1.29, 1.82) is 0 Å². The predicted molar refractivity (Wildman–Crippen MR) is 70.7 cm³/mol. The summed E-state index contributed by atoms with van der Waals surface area (Å²) in [5, 5.41) is 3.11. The summed E-state index contributed by atoms with van der Waals surface area (Å²) < 4.78 is 33.7. The van der Waals surface area contributed by atoms with Gasteiger partial charge in [-0.2, -0.15) is 0 Å². The average Bonchev–Trinajstić information content (AvgIpc) is 2.41. The van der Waals surface area contributed by atoms with E-state index in [1.165, 1.54) is 0 Å². The van der Waals surface area contributed by atoms with Crippen LogP contribution in [-0.4, -0.2) is 32.8 Å². The Bertz CT molecular complexity index is 355. The molecule has 1 rings (SSSR count). The van der Waals surface area contributed by atoms with E-state index >= 15 is 0 Å². The highest BCUT2D eigenvalue weighted by molar-refractivity contribution is 5.27. The summed E-state index contributed by atoms with van der Waals surface area (Å²) in [6.45, 7) is 5.05. The second-order valence-corrected chi connectivity index (χ2v) is 3.89. The minimum Gasteiger partial charge on any atom is -0.490 e. The van der Waals surface area contributed by atoms with Crippen molar-refractivity contribution in [3.63, 3.8) is 0 Å². The molecule has 0 aliphatic carbocycles. The van der Waals surface area contributed by atoms with E-state index in [-0.39, 0.29) is 6.61 Å². The normalized spacial score (nSPS) is 10.7. The van der Waals surface area contributed by atoms with E-state index in [1.807, 2.05) is 24.3 Å². The number of halogens is 2. The molecule has 0 heterocycles. The summed E-state index contributed by atoms with van der Waals surface area (Å²) in [5.74, 6) is 0.795. The Kier molecular flexibility index (Phi) is 7.77. The summed E-state index contributed by atoms with van der Waals surface area (Å²) in [4.78, 5) is 0. The molecular weight excluding hydrogens is 252 g/mol. The van der Waals surface area contributed by atoms with Crippen LogP contribution in [0.2, 0.25) is 0 Å². The maximum atomic E-state index is 11.8. The Balaban J connectivity index is 2.14. The van der Waals surface area contributed by atoms with Crippen molar-refractivity contribution in [2.45, 2.75) is 13.0 Å². The maximum absolute atomic E-state index is 11.8. The molecule has 106 valence electrons. The molecule has 19 heavy (non-hydrogen) atoms. The number of ether oxygens (including phenoxy) is 2. The van der Waals surface area contributed by atoms with Gasteiger partial charge in [0.1, 0.15) is 19.0 Å². The zero-order chi connectivity index (χ0) is 13.9. The number of rotatable bonds is 10. The topological polar surface area (TPSA) is 30.5 Å². The lowest BCUT2D eigenvalue weighted by atomic mass is 10.2. The molecular formula is C14H19F2NO2. The van der Waals surface area contributed by atoms with Crippen molar-refractivity contribution in [3.05, 3.63) is 42.5 Å². The average molecular weight is 271 g/mol. The minimum atomic E-state index is -2.40. The molecule has 0 spiro atoms. The van der Waals surface area contributed by atoms with E-state index < -0.39 is 13.0 Å². The Morgan fingerprint density at radius 3 is 2.63 bits per heavy atom. The predicted octanol–water partition coefficient (Wildman–Crippen LogP) is 2.62. The molecule has 0 atom stereocenters. The van der Waals surface area contributed by atoms with Gasteiger partial charge in [0.25, 0.3) is 6.43 Å². The molecule has 0 saturated heterocycles. The van der Waals surface area contributed by atoms with E-state index in [0.717, 1.165) is 11.3 Å². The molecule has 0 aromatic heterocycles. The van der Waals surface area contributed by atoms with Gasteiger partial charge in [0.15, 0.2) is 0 Å². The van der Waals surface area contributed by atoms with Gasteiger partial charge >= 0.3 is 0 Å². The third-order valence-electron chi connectivity index (χ3n) is 2.29. The zero-order valence-electron chi connectivity index (χ0n) is 10.8. The van der Waals surface area contributed by atoms with Gasteiger partial charge in [0.05, 0.1) is 6.61 Å². The first-order valence-corrected chi connectivity index (χ1v) is 6.11. The zero-order valence-corrected chi connectivity index (χ0v) is 10.8. The van der Waals surface area contributed by atoms with Crippen LogP contribution >= 0.6 is 0 Å². The van der Waals surface area contributed by atoms with Crippen LogP contribution in [0.3, 0.4) is 0 Å². The van der Waals surface area contributed by atoms with Crippen molar-refractivity contribution < 1.29 is 18.3 Å². The van der Waals surface area contributed by atoms with E-state index in [9.17, 15) is 8.78 Å². The van der Waals surface area contributed by atoms with Gasteiger partial charge in [-0.3, -0.25) is 0 Å². The third-order valence-corrected chi connectivity index (χ3v) is 2.29. The maximum Gasteiger partial charge on any atom is 0.261 e. The van der Waals surface area contributed by atoms with Gasteiger partial charge in [0.2, 0.25) is 0 Å². The summed E-state index contributed by atoms with van der Waals surface area (Å²) in [7, 11) is 0. The lowest BCUT2D eigenvalue weighted by Gasteiger charge is -2.07. The molecule has 0 unspecified atom stereocenters. The lowest BCUT2D eigenvalue weighted by molar-refractivity contribution is 0.0187. The van der Waals surface area contributed by atoms with E-state index in [0.29, 0.717) is 19.7 Å². The Morgan fingerprint density at radius 2 is 2.00 bits per heavy atom. The van der Waals surface area contributed by atoms with Crippen LogP contribution in [-0.2, 0) is 11.3 Å². The largest absolute Gasteiger partial charge is 0.490 e. The summed E-state index contributed by atoms with van der Waals surface area (Å²) in [6.07, 6.45) is -0.711. The van der Waals surface area contributed by atoms with Crippen LogP contribution in [0.25, 0.3) is 0 Å². The first-order valence-electron chi connectivity index (χ1n) is 6.11. The molecule has 0 aliphatic rings. The van der Waals surface area contributed by atoms with E-state index in [1.54, 1.807) is 6.08 Å². The standard InChI is InChI=1S/C14H19F2NO2/c1-2-8-19-13-5-3-12(4-6-13)10-17-7-9-18-11-14(15)16/h2-6,14,17H,1,7-11H2.